The summed E-state index contributed by atoms with van der Waals surface area (Å²) in [6, 6.07) is 13.6. The molecule has 2 aromatic carbocycles. The van der Waals surface area contributed by atoms with Crippen LogP contribution in [0.15, 0.2) is 60.7 Å². The van der Waals surface area contributed by atoms with Crippen molar-refractivity contribution in [3.63, 3.8) is 0 Å². The molecule has 186 valence electrons. The van der Waals surface area contributed by atoms with E-state index in [0.717, 1.165) is 21.6 Å². The van der Waals surface area contributed by atoms with E-state index in [-0.39, 0.29) is 23.0 Å². The molecular weight excluding hydrogens is 524 g/mol. The zero-order chi connectivity index (χ0) is 25.2. The van der Waals surface area contributed by atoms with Gasteiger partial charge in [-0.15, -0.1) is 0 Å². The number of rotatable bonds is 15. The third-order valence-electron chi connectivity index (χ3n) is 4.19. The molecule has 14 heteroatoms. The third-order valence-corrected chi connectivity index (χ3v) is 9.33. The first-order chi connectivity index (χ1) is 16.0. The summed E-state index contributed by atoms with van der Waals surface area (Å²) >= 11 is 0. The molecule has 0 radical (unpaired) electrons. The molecular formula is C20H24N2O8S4. The smallest absolute Gasteiger partial charge is 0.322 e. The predicted molar refractivity (Wildman–Crippen MR) is 132 cm³/mol. The third kappa shape index (κ3) is 10.4. The Morgan fingerprint density at radius 2 is 1.00 bits per heavy atom. The summed E-state index contributed by atoms with van der Waals surface area (Å²) in [4.78, 5) is 23.0. The van der Waals surface area contributed by atoms with Crippen molar-refractivity contribution in [1.82, 2.24) is 9.44 Å². The maximum atomic E-state index is 12.3. The van der Waals surface area contributed by atoms with Gasteiger partial charge in [-0.2, -0.15) is 9.44 Å². The first kappa shape index (κ1) is 28.1. The standard InChI is InChI=1S/C20H24N2O8S4/c23-19(24)17(21-33(27,28)13-15-7-3-1-4-8-15)11-31-32-12-18(20(25)26)22-34(29,30)14-16-9-5-2-6-10-16/h1-10,17-18,21-22H,11-14H2,(H,23,24)(H,25,26). The summed E-state index contributed by atoms with van der Waals surface area (Å²) in [6.07, 6.45) is 0. The maximum Gasteiger partial charge on any atom is 0.322 e. The highest BCUT2D eigenvalue weighted by Gasteiger charge is 2.27. The van der Waals surface area contributed by atoms with Crippen LogP contribution >= 0.6 is 21.6 Å². The lowest BCUT2D eigenvalue weighted by Gasteiger charge is -2.16. The highest BCUT2D eigenvalue weighted by atomic mass is 33.1. The minimum absolute atomic E-state index is 0.197. The topological polar surface area (TPSA) is 167 Å². The number of hydrogen-bond acceptors (Lipinski definition) is 8. The van der Waals surface area contributed by atoms with E-state index in [9.17, 15) is 36.6 Å². The van der Waals surface area contributed by atoms with E-state index in [1.54, 1.807) is 60.7 Å². The van der Waals surface area contributed by atoms with E-state index in [0.29, 0.717) is 11.1 Å². The fourth-order valence-corrected chi connectivity index (χ4v) is 7.83. The van der Waals surface area contributed by atoms with E-state index in [2.05, 4.69) is 9.44 Å². The van der Waals surface area contributed by atoms with Gasteiger partial charge in [0.25, 0.3) is 0 Å². The van der Waals surface area contributed by atoms with Gasteiger partial charge in [-0.3, -0.25) is 9.59 Å². The summed E-state index contributed by atoms with van der Waals surface area (Å²) in [5.74, 6) is -3.95. The van der Waals surface area contributed by atoms with Gasteiger partial charge in [0.2, 0.25) is 20.0 Å². The van der Waals surface area contributed by atoms with Crippen LogP contribution in [-0.2, 0) is 41.1 Å². The molecule has 0 aliphatic heterocycles. The molecule has 34 heavy (non-hydrogen) atoms. The fraction of sp³-hybridized carbons (Fsp3) is 0.300. The fourth-order valence-electron chi connectivity index (χ4n) is 2.65. The van der Waals surface area contributed by atoms with Crippen LogP contribution in [0.1, 0.15) is 11.1 Å². The Labute approximate surface area is 206 Å². The van der Waals surface area contributed by atoms with Crippen LogP contribution < -0.4 is 9.44 Å². The zero-order valence-electron chi connectivity index (χ0n) is 17.7. The van der Waals surface area contributed by atoms with Gasteiger partial charge in [0.15, 0.2) is 0 Å². The normalized spacial score (nSPS) is 13.8. The largest absolute Gasteiger partial charge is 0.480 e. The second-order valence-corrected chi connectivity index (χ2v) is 13.1. The van der Waals surface area contributed by atoms with Crippen molar-refractivity contribution in [2.24, 2.45) is 0 Å². The number of carbonyl (C=O) groups is 2. The highest BCUT2D eigenvalue weighted by Crippen LogP contribution is 2.24. The van der Waals surface area contributed by atoms with Gasteiger partial charge < -0.3 is 10.2 Å². The first-order valence-corrected chi connectivity index (χ1v) is 15.5. The lowest BCUT2D eigenvalue weighted by Crippen LogP contribution is -2.43. The summed E-state index contributed by atoms with van der Waals surface area (Å²) in [5.41, 5.74) is 0.988. The number of carboxylic acids is 2. The van der Waals surface area contributed by atoms with Crippen molar-refractivity contribution >= 4 is 53.6 Å². The minimum Gasteiger partial charge on any atom is -0.480 e. The number of benzene rings is 2. The van der Waals surface area contributed by atoms with Gasteiger partial charge >= 0.3 is 11.9 Å². The van der Waals surface area contributed by atoms with Gasteiger partial charge in [0.05, 0.1) is 11.5 Å². The Morgan fingerprint density at radius 1 is 0.676 bits per heavy atom. The number of sulfonamides is 2. The van der Waals surface area contributed by atoms with Crippen LogP contribution in [0, 0.1) is 0 Å². The molecule has 0 bridgehead atoms. The molecule has 4 N–H and O–H groups in total. The second-order valence-electron chi connectivity index (χ2n) is 7.08. The summed E-state index contributed by atoms with van der Waals surface area (Å²) in [7, 11) is -6.03. The average Bonchev–Trinajstić information content (AvgIpc) is 2.75. The van der Waals surface area contributed by atoms with Gasteiger partial charge in [-0.1, -0.05) is 82.3 Å². The van der Waals surface area contributed by atoms with Gasteiger partial charge in [-0.25, -0.2) is 16.8 Å². The summed E-state index contributed by atoms with van der Waals surface area (Å²) < 4.78 is 53.5. The van der Waals surface area contributed by atoms with E-state index >= 15 is 0 Å². The minimum atomic E-state index is -3.94. The van der Waals surface area contributed by atoms with Crippen molar-refractivity contribution in [3.05, 3.63) is 71.8 Å². The molecule has 0 aromatic heterocycles. The Balaban J connectivity index is 1.88. The lowest BCUT2D eigenvalue weighted by molar-refractivity contribution is -0.139. The monoisotopic (exact) mass is 548 g/mol. The van der Waals surface area contributed by atoms with Crippen LogP contribution in [0.3, 0.4) is 0 Å². The van der Waals surface area contributed by atoms with Crippen molar-refractivity contribution < 1.29 is 36.6 Å². The number of aliphatic carboxylic acids is 2. The molecule has 0 aliphatic rings. The molecule has 0 fully saturated rings. The maximum absolute atomic E-state index is 12.3. The van der Waals surface area contributed by atoms with Crippen molar-refractivity contribution in [2.45, 2.75) is 23.6 Å². The Morgan fingerprint density at radius 3 is 1.29 bits per heavy atom. The van der Waals surface area contributed by atoms with E-state index in [1.807, 2.05) is 0 Å². The number of carboxylic acid groups (broad SMARTS) is 2. The van der Waals surface area contributed by atoms with Crippen molar-refractivity contribution in [2.75, 3.05) is 11.5 Å². The molecule has 0 amide bonds. The Hall–Kier alpha value is -2.10. The molecule has 0 saturated heterocycles. The first-order valence-electron chi connectivity index (χ1n) is 9.75. The molecule has 0 heterocycles. The SMILES string of the molecule is O=C(O)C(CSSCC(NS(=O)(=O)Cc1ccccc1)C(=O)O)NS(=O)(=O)Cc1ccccc1. The Bertz CT molecular complexity index is 1070. The van der Waals surface area contributed by atoms with Crippen LogP contribution in [0.5, 0.6) is 0 Å². The van der Waals surface area contributed by atoms with Gasteiger partial charge in [-0.05, 0) is 11.1 Å². The highest BCUT2D eigenvalue weighted by molar-refractivity contribution is 8.76. The Kier molecular flexibility index (Phi) is 10.9. The number of hydrogen-bond donors (Lipinski definition) is 4. The molecule has 0 saturated carbocycles. The molecule has 0 spiro atoms. The van der Waals surface area contributed by atoms with Gasteiger partial charge in [0, 0.05) is 11.5 Å². The van der Waals surface area contributed by atoms with E-state index < -0.39 is 44.1 Å². The van der Waals surface area contributed by atoms with E-state index in [4.69, 9.17) is 0 Å². The molecule has 0 aliphatic carbocycles. The van der Waals surface area contributed by atoms with Crippen LogP contribution in [0.4, 0.5) is 0 Å². The van der Waals surface area contributed by atoms with Crippen molar-refractivity contribution in [1.29, 1.82) is 0 Å². The molecule has 2 unspecified atom stereocenters. The second kappa shape index (κ2) is 13.1. The molecule has 2 atom stereocenters. The van der Waals surface area contributed by atoms with Crippen LogP contribution in [-0.4, -0.2) is 62.6 Å². The summed E-state index contributed by atoms with van der Waals surface area (Å²) in [6.45, 7) is 0. The predicted octanol–water partition coefficient (Wildman–Crippen LogP) is 1.51. The number of nitrogens with one attached hydrogen (secondary N) is 2. The molecule has 2 rings (SSSR count). The zero-order valence-corrected chi connectivity index (χ0v) is 21.0. The lowest BCUT2D eigenvalue weighted by atomic mass is 10.2. The molecule has 2 aromatic rings. The van der Waals surface area contributed by atoms with Gasteiger partial charge in [0.1, 0.15) is 12.1 Å². The average molecular weight is 549 g/mol. The molecule has 10 nitrogen and oxygen atoms in total. The van der Waals surface area contributed by atoms with Crippen molar-refractivity contribution in [3.8, 4) is 0 Å². The van der Waals surface area contributed by atoms with Crippen LogP contribution in [0.25, 0.3) is 0 Å². The quantitative estimate of drug-likeness (QED) is 0.189. The van der Waals surface area contributed by atoms with E-state index in [1.165, 1.54) is 0 Å². The summed E-state index contributed by atoms with van der Waals surface area (Å²) in [5, 5.41) is 18.7. The van der Waals surface area contributed by atoms with Crippen LogP contribution in [0.2, 0.25) is 0 Å².